The largest absolute Gasteiger partial charge is 0.317 e. The summed E-state index contributed by atoms with van der Waals surface area (Å²) in [6, 6.07) is 8.72. The van der Waals surface area contributed by atoms with Crippen LogP contribution in [0.4, 0.5) is 5.82 Å². The molecule has 0 fully saturated rings. The van der Waals surface area contributed by atoms with Gasteiger partial charge in [0.05, 0.1) is 10.6 Å². The molecule has 108 valence electrons. The van der Waals surface area contributed by atoms with Crippen LogP contribution in [0.5, 0.6) is 0 Å². The molecular formula is C14H11BrClN3OS. The quantitative estimate of drug-likeness (QED) is 0.770. The Morgan fingerprint density at radius 2 is 2.10 bits per heavy atom. The van der Waals surface area contributed by atoms with Gasteiger partial charge < -0.3 is 5.32 Å². The molecule has 7 heteroatoms. The van der Waals surface area contributed by atoms with Gasteiger partial charge in [-0.2, -0.15) is 0 Å². The number of amides is 1. The van der Waals surface area contributed by atoms with Crippen LogP contribution in [-0.2, 0) is 0 Å². The zero-order valence-electron chi connectivity index (χ0n) is 11.0. The molecule has 0 aliphatic rings. The maximum Gasteiger partial charge on any atom is 0.258 e. The molecular weight excluding hydrogens is 374 g/mol. The van der Waals surface area contributed by atoms with E-state index in [1.165, 1.54) is 0 Å². The summed E-state index contributed by atoms with van der Waals surface area (Å²) in [7, 11) is 0. The predicted octanol–water partition coefficient (Wildman–Crippen LogP) is 3.93. The highest BCUT2D eigenvalue weighted by Crippen LogP contribution is 2.20. The molecule has 0 spiro atoms. The standard InChI is InChI=1S/C14H11BrClN3OS/c1-8-4-5-17-12(6-8)18-14(21)19-13(20)10-7-9(15)2-3-11(10)16/h2-7H,1H3,(H2,17,18,19,20,21). The van der Waals surface area contributed by atoms with Gasteiger partial charge in [0.25, 0.3) is 5.91 Å². The van der Waals surface area contributed by atoms with Gasteiger partial charge in [-0.25, -0.2) is 4.98 Å². The van der Waals surface area contributed by atoms with Crippen LogP contribution in [0.1, 0.15) is 15.9 Å². The Hall–Kier alpha value is -1.50. The molecule has 0 radical (unpaired) electrons. The van der Waals surface area contributed by atoms with E-state index in [4.69, 9.17) is 23.8 Å². The second-order valence-corrected chi connectivity index (χ2v) is 5.98. The Labute approximate surface area is 141 Å². The Kier molecular flexibility index (Phi) is 5.27. The number of thiocarbonyl (C=S) groups is 1. The van der Waals surface area contributed by atoms with Gasteiger partial charge in [0.1, 0.15) is 5.82 Å². The molecule has 0 bridgehead atoms. The van der Waals surface area contributed by atoms with Crippen molar-refractivity contribution < 1.29 is 4.79 Å². The number of anilines is 1. The molecule has 4 nitrogen and oxygen atoms in total. The molecule has 2 aromatic rings. The van der Waals surface area contributed by atoms with Crippen LogP contribution in [0, 0.1) is 6.92 Å². The first-order valence-electron chi connectivity index (χ1n) is 5.96. The second kappa shape index (κ2) is 6.98. The lowest BCUT2D eigenvalue weighted by molar-refractivity contribution is 0.0978. The number of nitrogens with zero attached hydrogens (tertiary/aromatic N) is 1. The monoisotopic (exact) mass is 383 g/mol. The highest BCUT2D eigenvalue weighted by Gasteiger charge is 2.12. The highest BCUT2D eigenvalue weighted by atomic mass is 79.9. The zero-order valence-corrected chi connectivity index (χ0v) is 14.1. The lowest BCUT2D eigenvalue weighted by atomic mass is 10.2. The fourth-order valence-corrected chi connectivity index (χ4v) is 2.36. The number of carbonyl (C=O) groups excluding carboxylic acids is 1. The molecule has 2 rings (SSSR count). The van der Waals surface area contributed by atoms with E-state index in [-0.39, 0.29) is 11.0 Å². The SMILES string of the molecule is Cc1ccnc(NC(=S)NC(=O)c2cc(Br)ccc2Cl)c1. The van der Waals surface area contributed by atoms with E-state index in [1.807, 2.05) is 19.1 Å². The third kappa shape index (κ3) is 4.49. The van der Waals surface area contributed by atoms with E-state index in [1.54, 1.807) is 24.4 Å². The Balaban J connectivity index is 2.05. The van der Waals surface area contributed by atoms with Crippen molar-refractivity contribution in [3.05, 3.63) is 57.2 Å². The molecule has 0 saturated carbocycles. The first-order valence-corrected chi connectivity index (χ1v) is 7.53. The maximum atomic E-state index is 12.1. The first-order chi connectivity index (χ1) is 9.95. The number of nitrogens with one attached hydrogen (secondary N) is 2. The summed E-state index contributed by atoms with van der Waals surface area (Å²) in [5, 5.41) is 5.93. The second-order valence-electron chi connectivity index (χ2n) is 4.25. The highest BCUT2D eigenvalue weighted by molar-refractivity contribution is 9.10. The number of aryl methyl sites for hydroxylation is 1. The van der Waals surface area contributed by atoms with Crippen LogP contribution < -0.4 is 10.6 Å². The molecule has 0 saturated heterocycles. The summed E-state index contributed by atoms with van der Waals surface area (Å²) in [5.41, 5.74) is 1.38. The van der Waals surface area contributed by atoms with Gasteiger partial charge >= 0.3 is 0 Å². The number of rotatable bonds is 2. The summed E-state index contributed by atoms with van der Waals surface area (Å²) in [5.74, 6) is 0.187. The van der Waals surface area contributed by atoms with Crippen LogP contribution in [-0.4, -0.2) is 16.0 Å². The molecule has 2 N–H and O–H groups in total. The number of hydrogen-bond donors (Lipinski definition) is 2. The first kappa shape index (κ1) is 15.9. The molecule has 0 aliphatic heterocycles. The van der Waals surface area contributed by atoms with Crippen molar-refractivity contribution in [2.24, 2.45) is 0 Å². The summed E-state index contributed by atoms with van der Waals surface area (Å²) in [6.45, 7) is 1.94. The number of benzene rings is 1. The topological polar surface area (TPSA) is 54.0 Å². The lowest BCUT2D eigenvalue weighted by Gasteiger charge is -2.10. The van der Waals surface area contributed by atoms with Crippen molar-refractivity contribution >= 4 is 56.6 Å². The normalized spacial score (nSPS) is 10.0. The smallest absolute Gasteiger partial charge is 0.258 e. The zero-order chi connectivity index (χ0) is 15.4. The van der Waals surface area contributed by atoms with E-state index in [0.717, 1.165) is 10.0 Å². The molecule has 1 aromatic heterocycles. The van der Waals surface area contributed by atoms with Crippen LogP contribution in [0.3, 0.4) is 0 Å². The third-order valence-electron chi connectivity index (χ3n) is 2.56. The maximum absolute atomic E-state index is 12.1. The van der Waals surface area contributed by atoms with Gasteiger partial charge in [0.15, 0.2) is 5.11 Å². The molecule has 1 amide bonds. The summed E-state index contributed by atoms with van der Waals surface area (Å²) in [4.78, 5) is 16.2. The summed E-state index contributed by atoms with van der Waals surface area (Å²) in [6.07, 6.45) is 1.66. The van der Waals surface area contributed by atoms with E-state index in [0.29, 0.717) is 16.4 Å². The summed E-state index contributed by atoms with van der Waals surface area (Å²) >= 11 is 14.4. The van der Waals surface area contributed by atoms with Gasteiger partial charge in [0, 0.05) is 10.7 Å². The van der Waals surface area contributed by atoms with Crippen LogP contribution >= 0.6 is 39.7 Å². The van der Waals surface area contributed by atoms with Crippen molar-refractivity contribution in [3.63, 3.8) is 0 Å². The molecule has 1 aromatic carbocycles. The predicted molar refractivity (Wildman–Crippen MR) is 91.8 cm³/mol. The van der Waals surface area contributed by atoms with E-state index in [9.17, 15) is 4.79 Å². The molecule has 0 atom stereocenters. The average Bonchev–Trinajstić information content (AvgIpc) is 2.41. The van der Waals surface area contributed by atoms with Crippen LogP contribution in [0.15, 0.2) is 41.0 Å². The van der Waals surface area contributed by atoms with Gasteiger partial charge in [0.2, 0.25) is 0 Å². The molecule has 21 heavy (non-hydrogen) atoms. The van der Waals surface area contributed by atoms with Crippen LogP contribution in [0.25, 0.3) is 0 Å². The van der Waals surface area contributed by atoms with Crippen LogP contribution in [0.2, 0.25) is 5.02 Å². The molecule has 0 aliphatic carbocycles. The third-order valence-corrected chi connectivity index (χ3v) is 3.58. The number of hydrogen-bond acceptors (Lipinski definition) is 3. The van der Waals surface area contributed by atoms with E-state index < -0.39 is 0 Å². The van der Waals surface area contributed by atoms with E-state index >= 15 is 0 Å². The van der Waals surface area contributed by atoms with Crippen molar-refractivity contribution in [2.45, 2.75) is 6.92 Å². The van der Waals surface area contributed by atoms with Gasteiger partial charge in [-0.05, 0) is 55.0 Å². The Bertz CT molecular complexity index is 708. The van der Waals surface area contributed by atoms with Crippen molar-refractivity contribution in [1.82, 2.24) is 10.3 Å². The van der Waals surface area contributed by atoms with Crippen molar-refractivity contribution in [2.75, 3.05) is 5.32 Å². The number of halogens is 2. The van der Waals surface area contributed by atoms with Crippen molar-refractivity contribution in [3.8, 4) is 0 Å². The number of carbonyl (C=O) groups is 1. The fourth-order valence-electron chi connectivity index (χ4n) is 1.59. The molecule has 0 unspecified atom stereocenters. The minimum Gasteiger partial charge on any atom is -0.317 e. The molecule has 1 heterocycles. The van der Waals surface area contributed by atoms with E-state index in [2.05, 4.69) is 31.5 Å². The summed E-state index contributed by atoms with van der Waals surface area (Å²) < 4.78 is 0.760. The van der Waals surface area contributed by atoms with Gasteiger partial charge in [-0.15, -0.1) is 0 Å². The number of aromatic nitrogens is 1. The average molecular weight is 385 g/mol. The Morgan fingerprint density at radius 1 is 1.33 bits per heavy atom. The number of pyridine rings is 1. The minimum atomic E-state index is -0.383. The Morgan fingerprint density at radius 3 is 2.81 bits per heavy atom. The van der Waals surface area contributed by atoms with Gasteiger partial charge in [-0.1, -0.05) is 27.5 Å². The lowest BCUT2D eigenvalue weighted by Crippen LogP contribution is -2.34. The fraction of sp³-hybridized carbons (Fsp3) is 0.0714. The minimum absolute atomic E-state index is 0.161. The van der Waals surface area contributed by atoms with Crippen molar-refractivity contribution in [1.29, 1.82) is 0 Å². The van der Waals surface area contributed by atoms with Gasteiger partial charge in [-0.3, -0.25) is 10.1 Å².